The minimum atomic E-state index is -0.251. The molecule has 2 heterocycles. The Labute approximate surface area is 103 Å². The Kier molecular flexibility index (Phi) is 3.18. The normalized spacial score (nSPS) is 15.1. The molecule has 88 valence electrons. The van der Waals surface area contributed by atoms with Crippen LogP contribution in [-0.2, 0) is 17.8 Å². The Bertz CT molecular complexity index is 403. The smallest absolute Gasteiger partial charge is 0.410 e. The number of fused-ring (bicyclic) bond motifs is 1. The van der Waals surface area contributed by atoms with Crippen LogP contribution in [0.3, 0.4) is 0 Å². The Morgan fingerprint density at radius 3 is 3.00 bits per heavy atom. The number of aromatic nitrogens is 2. The molecule has 0 radical (unpaired) electrons. The van der Waals surface area contributed by atoms with Gasteiger partial charge in [0.05, 0.1) is 24.5 Å². The van der Waals surface area contributed by atoms with E-state index in [4.69, 9.17) is 4.74 Å². The molecule has 1 aliphatic rings. The predicted octanol–water partition coefficient (Wildman–Crippen LogP) is 2.01. The highest BCUT2D eigenvalue weighted by molar-refractivity contribution is 9.10. The molecular weight excluding hydrogens is 274 g/mol. The van der Waals surface area contributed by atoms with Crippen molar-refractivity contribution in [2.45, 2.75) is 33.0 Å². The number of rotatable bonds is 1. The topological polar surface area (TPSA) is 47.4 Å². The largest absolute Gasteiger partial charge is 0.447 e. The van der Waals surface area contributed by atoms with E-state index >= 15 is 0 Å². The third-order valence-corrected chi connectivity index (χ3v) is 3.06. The van der Waals surface area contributed by atoms with E-state index in [2.05, 4.69) is 25.5 Å². The molecule has 1 aliphatic heterocycles. The van der Waals surface area contributed by atoms with Gasteiger partial charge in [-0.05, 0) is 29.8 Å². The van der Waals surface area contributed by atoms with Gasteiger partial charge in [0.1, 0.15) is 0 Å². The van der Waals surface area contributed by atoms with E-state index in [9.17, 15) is 4.79 Å². The first-order valence-electron chi connectivity index (χ1n) is 5.23. The molecule has 0 aliphatic carbocycles. The van der Waals surface area contributed by atoms with Gasteiger partial charge in [-0.15, -0.1) is 0 Å². The first-order chi connectivity index (χ1) is 7.58. The number of imidazole rings is 1. The highest BCUT2D eigenvalue weighted by atomic mass is 79.9. The van der Waals surface area contributed by atoms with Gasteiger partial charge in [-0.1, -0.05) is 0 Å². The second-order valence-corrected chi connectivity index (χ2v) is 4.73. The molecule has 0 saturated carbocycles. The summed E-state index contributed by atoms with van der Waals surface area (Å²) in [6.07, 6.45) is 1.45. The molecule has 6 heteroatoms. The van der Waals surface area contributed by atoms with Gasteiger partial charge < -0.3 is 14.2 Å². The fourth-order valence-corrected chi connectivity index (χ4v) is 2.18. The van der Waals surface area contributed by atoms with Crippen molar-refractivity contribution in [3.05, 3.63) is 16.6 Å². The summed E-state index contributed by atoms with van der Waals surface area (Å²) in [5.74, 6) is 0. The van der Waals surface area contributed by atoms with Crippen LogP contribution in [0.15, 0.2) is 10.9 Å². The van der Waals surface area contributed by atoms with Crippen LogP contribution in [0.25, 0.3) is 0 Å². The number of ether oxygens (including phenoxy) is 1. The number of hydrogen-bond donors (Lipinski definition) is 0. The summed E-state index contributed by atoms with van der Waals surface area (Å²) in [4.78, 5) is 17.5. The molecule has 0 fully saturated rings. The van der Waals surface area contributed by atoms with E-state index in [1.165, 1.54) is 0 Å². The highest BCUT2D eigenvalue weighted by Gasteiger charge is 2.23. The van der Waals surface area contributed by atoms with Crippen molar-refractivity contribution in [1.29, 1.82) is 0 Å². The Hall–Kier alpha value is -1.04. The van der Waals surface area contributed by atoms with Gasteiger partial charge in [0, 0.05) is 13.1 Å². The van der Waals surface area contributed by atoms with Crippen molar-refractivity contribution in [3.8, 4) is 0 Å². The minimum Gasteiger partial charge on any atom is -0.447 e. The molecule has 0 bridgehead atoms. The lowest BCUT2D eigenvalue weighted by atomic mass is 10.3. The molecule has 5 nitrogen and oxygen atoms in total. The number of nitrogens with zero attached hydrogens (tertiary/aromatic N) is 3. The average Bonchev–Trinajstić information content (AvgIpc) is 2.59. The Balaban J connectivity index is 2.05. The number of carbonyl (C=O) groups excluding carboxylic acids is 1. The van der Waals surface area contributed by atoms with Gasteiger partial charge >= 0.3 is 6.09 Å². The third kappa shape index (κ3) is 2.21. The molecule has 0 aromatic carbocycles. The van der Waals surface area contributed by atoms with Gasteiger partial charge in [-0.25, -0.2) is 9.78 Å². The van der Waals surface area contributed by atoms with Crippen LogP contribution in [0.4, 0.5) is 4.79 Å². The number of carbonyl (C=O) groups is 1. The molecule has 1 aromatic rings. The van der Waals surface area contributed by atoms with E-state index in [1.54, 1.807) is 11.1 Å². The van der Waals surface area contributed by atoms with Crippen molar-refractivity contribution < 1.29 is 9.53 Å². The lowest BCUT2D eigenvalue weighted by Gasteiger charge is -2.28. The lowest BCUT2D eigenvalue weighted by molar-refractivity contribution is 0.0687. The van der Waals surface area contributed by atoms with Crippen LogP contribution in [0.2, 0.25) is 0 Å². The third-order valence-electron chi connectivity index (χ3n) is 2.43. The van der Waals surface area contributed by atoms with Crippen molar-refractivity contribution in [1.82, 2.24) is 14.5 Å². The minimum absolute atomic E-state index is 0.0777. The van der Waals surface area contributed by atoms with E-state index in [0.717, 1.165) is 17.0 Å². The second kappa shape index (κ2) is 4.45. The monoisotopic (exact) mass is 287 g/mol. The van der Waals surface area contributed by atoms with E-state index < -0.39 is 0 Å². The van der Waals surface area contributed by atoms with Gasteiger partial charge in [-0.2, -0.15) is 0 Å². The average molecular weight is 288 g/mol. The van der Waals surface area contributed by atoms with Crippen LogP contribution < -0.4 is 0 Å². The molecule has 0 spiro atoms. The fraction of sp³-hybridized carbons (Fsp3) is 0.600. The number of amides is 1. The summed E-state index contributed by atoms with van der Waals surface area (Å²) in [6.45, 7) is 5.67. The molecule has 0 atom stereocenters. The molecule has 16 heavy (non-hydrogen) atoms. The summed E-state index contributed by atoms with van der Waals surface area (Å²) in [6, 6.07) is 0. The molecule has 0 N–H and O–H groups in total. The van der Waals surface area contributed by atoms with Gasteiger partial charge in [0.25, 0.3) is 0 Å². The zero-order valence-corrected chi connectivity index (χ0v) is 10.9. The molecule has 1 amide bonds. The van der Waals surface area contributed by atoms with Crippen molar-refractivity contribution in [2.75, 3.05) is 6.54 Å². The second-order valence-electron chi connectivity index (χ2n) is 4.02. The summed E-state index contributed by atoms with van der Waals surface area (Å²) in [5, 5.41) is 0. The highest BCUT2D eigenvalue weighted by Crippen LogP contribution is 2.18. The SMILES string of the molecule is CC(C)OC(=O)N1CCn2c(cnc2Br)C1. The van der Waals surface area contributed by atoms with E-state index in [-0.39, 0.29) is 12.2 Å². The van der Waals surface area contributed by atoms with E-state index in [1.807, 2.05) is 13.8 Å². The van der Waals surface area contributed by atoms with Crippen molar-refractivity contribution in [2.24, 2.45) is 0 Å². The maximum absolute atomic E-state index is 11.7. The quantitative estimate of drug-likeness (QED) is 0.794. The zero-order valence-electron chi connectivity index (χ0n) is 9.31. The standard InChI is InChI=1S/C10H14BrN3O2/c1-7(2)16-10(15)13-3-4-14-8(6-13)5-12-9(14)11/h5,7H,3-4,6H2,1-2H3. The summed E-state index contributed by atoms with van der Waals surface area (Å²) in [7, 11) is 0. The van der Waals surface area contributed by atoms with Crippen LogP contribution in [0.5, 0.6) is 0 Å². The van der Waals surface area contributed by atoms with Gasteiger partial charge in [-0.3, -0.25) is 0 Å². The van der Waals surface area contributed by atoms with Crippen LogP contribution in [-0.4, -0.2) is 33.2 Å². The Morgan fingerprint density at radius 1 is 1.56 bits per heavy atom. The Morgan fingerprint density at radius 2 is 2.31 bits per heavy atom. The first-order valence-corrected chi connectivity index (χ1v) is 6.02. The number of halogens is 1. The van der Waals surface area contributed by atoms with Crippen LogP contribution in [0.1, 0.15) is 19.5 Å². The summed E-state index contributed by atoms with van der Waals surface area (Å²) < 4.78 is 8.03. The summed E-state index contributed by atoms with van der Waals surface area (Å²) in [5.41, 5.74) is 1.03. The predicted molar refractivity (Wildman–Crippen MR) is 62.0 cm³/mol. The van der Waals surface area contributed by atoms with Gasteiger partial charge in [0.15, 0.2) is 4.73 Å². The van der Waals surface area contributed by atoms with Crippen LogP contribution in [0, 0.1) is 0 Å². The van der Waals surface area contributed by atoms with Crippen molar-refractivity contribution >= 4 is 22.0 Å². The first kappa shape index (κ1) is 11.4. The zero-order chi connectivity index (χ0) is 11.7. The number of hydrogen-bond acceptors (Lipinski definition) is 3. The molecule has 0 saturated heterocycles. The van der Waals surface area contributed by atoms with E-state index in [0.29, 0.717) is 13.1 Å². The maximum Gasteiger partial charge on any atom is 0.410 e. The molecule has 2 rings (SSSR count). The fourth-order valence-electron chi connectivity index (χ4n) is 1.68. The van der Waals surface area contributed by atoms with Crippen molar-refractivity contribution in [3.63, 3.8) is 0 Å². The molecule has 0 unspecified atom stereocenters. The lowest BCUT2D eigenvalue weighted by Crippen LogP contribution is -2.39. The molecular formula is C10H14BrN3O2. The summed E-state index contributed by atoms with van der Waals surface area (Å²) >= 11 is 3.37. The van der Waals surface area contributed by atoms with Gasteiger partial charge in [0.2, 0.25) is 0 Å². The maximum atomic E-state index is 11.7. The van der Waals surface area contributed by atoms with Crippen LogP contribution >= 0.6 is 15.9 Å². The molecule has 1 aromatic heterocycles.